The molecule has 0 aliphatic carbocycles. The lowest BCUT2D eigenvalue weighted by Crippen LogP contribution is -1.99. The number of ketones is 1. The largest absolute Gasteiger partial charge is 0.496 e. The third kappa shape index (κ3) is 2.54. The summed E-state index contributed by atoms with van der Waals surface area (Å²) in [5.41, 5.74) is 0.585. The van der Waals surface area contributed by atoms with Crippen molar-refractivity contribution in [1.82, 2.24) is 0 Å². The molecule has 1 heterocycles. The lowest BCUT2D eigenvalue weighted by molar-refractivity contribution is 0.104. The minimum Gasteiger partial charge on any atom is -0.496 e. The molecule has 0 saturated carbocycles. The van der Waals surface area contributed by atoms with Gasteiger partial charge in [0, 0.05) is 5.56 Å². The molecular formula is C12H8BrClO2S. The van der Waals surface area contributed by atoms with Crippen LogP contribution in [0.1, 0.15) is 15.2 Å². The van der Waals surface area contributed by atoms with Gasteiger partial charge in [0.1, 0.15) is 5.75 Å². The zero-order valence-electron chi connectivity index (χ0n) is 8.87. The zero-order chi connectivity index (χ0) is 12.4. The Morgan fingerprint density at radius 2 is 2.18 bits per heavy atom. The smallest absolute Gasteiger partial charge is 0.204 e. The van der Waals surface area contributed by atoms with Gasteiger partial charge in [-0.3, -0.25) is 4.79 Å². The summed E-state index contributed by atoms with van der Waals surface area (Å²) in [7, 11) is 1.58. The summed E-state index contributed by atoms with van der Waals surface area (Å²) in [5.74, 6) is 0.618. The highest BCUT2D eigenvalue weighted by Gasteiger charge is 2.15. The van der Waals surface area contributed by atoms with E-state index in [0.717, 1.165) is 4.47 Å². The summed E-state index contributed by atoms with van der Waals surface area (Å²) in [6.45, 7) is 0. The van der Waals surface area contributed by atoms with Crippen LogP contribution in [-0.2, 0) is 0 Å². The number of carbonyl (C=O) groups excluding carboxylic acids is 1. The molecule has 0 saturated heterocycles. The molecule has 0 unspecified atom stereocenters. The van der Waals surface area contributed by atoms with E-state index in [0.29, 0.717) is 21.2 Å². The molecule has 5 heteroatoms. The van der Waals surface area contributed by atoms with E-state index in [4.69, 9.17) is 16.3 Å². The number of carbonyl (C=O) groups is 1. The molecule has 0 amide bonds. The van der Waals surface area contributed by atoms with Gasteiger partial charge in [-0.25, -0.2) is 0 Å². The molecule has 17 heavy (non-hydrogen) atoms. The fourth-order valence-electron chi connectivity index (χ4n) is 1.39. The Balaban J connectivity index is 2.39. The molecule has 88 valence electrons. The molecule has 2 nitrogen and oxygen atoms in total. The SMILES string of the molecule is COc1ccc(C(=O)c2sccc2Cl)cc1Br. The first-order valence-electron chi connectivity index (χ1n) is 4.74. The van der Waals surface area contributed by atoms with Crippen molar-refractivity contribution >= 4 is 44.7 Å². The molecule has 1 aromatic carbocycles. The van der Waals surface area contributed by atoms with Gasteiger partial charge in [0.25, 0.3) is 0 Å². The second-order valence-electron chi connectivity index (χ2n) is 3.28. The molecule has 0 spiro atoms. The van der Waals surface area contributed by atoms with Crippen LogP contribution in [0.15, 0.2) is 34.1 Å². The topological polar surface area (TPSA) is 26.3 Å². The van der Waals surface area contributed by atoms with Crippen LogP contribution in [0.5, 0.6) is 5.75 Å². The highest BCUT2D eigenvalue weighted by molar-refractivity contribution is 9.10. The van der Waals surface area contributed by atoms with Crippen LogP contribution in [0.2, 0.25) is 5.02 Å². The molecular weight excluding hydrogens is 324 g/mol. The van der Waals surface area contributed by atoms with Crippen molar-refractivity contribution in [1.29, 1.82) is 0 Å². The number of rotatable bonds is 3. The van der Waals surface area contributed by atoms with Crippen LogP contribution < -0.4 is 4.74 Å². The van der Waals surface area contributed by atoms with E-state index in [9.17, 15) is 4.79 Å². The first kappa shape index (κ1) is 12.6. The van der Waals surface area contributed by atoms with Gasteiger partial charge >= 0.3 is 0 Å². The summed E-state index contributed by atoms with van der Waals surface area (Å²) >= 11 is 10.6. The molecule has 2 rings (SSSR count). The summed E-state index contributed by atoms with van der Waals surface area (Å²) in [4.78, 5) is 12.7. The summed E-state index contributed by atoms with van der Waals surface area (Å²) in [5, 5.41) is 2.29. The van der Waals surface area contributed by atoms with E-state index in [1.807, 2.05) is 0 Å². The molecule has 0 radical (unpaired) electrons. The minimum atomic E-state index is -0.0756. The number of thiophene rings is 1. The van der Waals surface area contributed by atoms with Crippen molar-refractivity contribution in [2.75, 3.05) is 7.11 Å². The Morgan fingerprint density at radius 3 is 2.71 bits per heavy atom. The molecule has 1 aromatic heterocycles. The van der Waals surface area contributed by atoms with Crippen molar-refractivity contribution in [3.63, 3.8) is 0 Å². The number of ether oxygens (including phenoxy) is 1. The Labute approximate surface area is 116 Å². The van der Waals surface area contributed by atoms with E-state index < -0.39 is 0 Å². The van der Waals surface area contributed by atoms with E-state index in [2.05, 4.69) is 15.9 Å². The van der Waals surface area contributed by atoms with Gasteiger partial charge in [0.15, 0.2) is 0 Å². The number of hydrogen-bond donors (Lipinski definition) is 0. The van der Waals surface area contributed by atoms with Gasteiger partial charge in [-0.2, -0.15) is 0 Å². The van der Waals surface area contributed by atoms with Crippen molar-refractivity contribution in [2.45, 2.75) is 0 Å². The average molecular weight is 332 g/mol. The average Bonchev–Trinajstić information content (AvgIpc) is 2.74. The first-order valence-corrected chi connectivity index (χ1v) is 6.79. The number of hydrogen-bond acceptors (Lipinski definition) is 3. The van der Waals surface area contributed by atoms with Gasteiger partial charge in [-0.05, 0) is 45.6 Å². The number of methoxy groups -OCH3 is 1. The van der Waals surface area contributed by atoms with E-state index in [-0.39, 0.29) is 5.78 Å². The van der Waals surface area contributed by atoms with Crippen molar-refractivity contribution in [3.8, 4) is 5.75 Å². The lowest BCUT2D eigenvalue weighted by atomic mass is 10.1. The van der Waals surface area contributed by atoms with Crippen LogP contribution in [0, 0.1) is 0 Å². The fourth-order valence-corrected chi connectivity index (χ4v) is 3.04. The molecule has 0 fully saturated rings. The van der Waals surface area contributed by atoms with E-state index >= 15 is 0 Å². The highest BCUT2D eigenvalue weighted by Crippen LogP contribution is 2.29. The van der Waals surface area contributed by atoms with Crippen LogP contribution in [0.25, 0.3) is 0 Å². The molecule has 0 atom stereocenters. The molecule has 0 bridgehead atoms. The fraction of sp³-hybridized carbons (Fsp3) is 0.0833. The van der Waals surface area contributed by atoms with Gasteiger partial charge in [0.05, 0.1) is 21.5 Å². The predicted molar refractivity (Wildman–Crippen MR) is 73.5 cm³/mol. The van der Waals surface area contributed by atoms with Crippen LogP contribution in [0.3, 0.4) is 0 Å². The second kappa shape index (κ2) is 5.21. The van der Waals surface area contributed by atoms with Gasteiger partial charge < -0.3 is 4.74 Å². The third-order valence-corrected chi connectivity index (χ3v) is 4.20. The molecule has 2 aromatic rings. The normalized spacial score (nSPS) is 10.3. The predicted octanol–water partition coefficient (Wildman–Crippen LogP) is 4.40. The zero-order valence-corrected chi connectivity index (χ0v) is 12.0. The maximum absolute atomic E-state index is 12.1. The Bertz CT molecular complexity index is 565. The Morgan fingerprint density at radius 1 is 1.41 bits per heavy atom. The third-order valence-electron chi connectivity index (χ3n) is 2.24. The van der Waals surface area contributed by atoms with Crippen molar-refractivity contribution in [2.24, 2.45) is 0 Å². The van der Waals surface area contributed by atoms with Gasteiger partial charge in [-0.15, -0.1) is 11.3 Å². The summed E-state index contributed by atoms with van der Waals surface area (Å²) in [6.07, 6.45) is 0. The van der Waals surface area contributed by atoms with E-state index in [1.165, 1.54) is 11.3 Å². The van der Waals surface area contributed by atoms with Crippen LogP contribution in [0.4, 0.5) is 0 Å². The molecule has 0 aliphatic heterocycles. The standard InChI is InChI=1S/C12H8BrClO2S/c1-16-10-3-2-7(6-8(10)13)11(15)12-9(14)4-5-17-12/h2-6H,1H3. The number of benzene rings is 1. The Kier molecular flexibility index (Phi) is 3.86. The quantitative estimate of drug-likeness (QED) is 0.779. The maximum Gasteiger partial charge on any atom is 0.204 e. The Hall–Kier alpha value is -0.840. The second-order valence-corrected chi connectivity index (χ2v) is 5.45. The molecule has 0 aliphatic rings. The van der Waals surface area contributed by atoms with Crippen molar-refractivity contribution in [3.05, 3.63) is 49.6 Å². The lowest BCUT2D eigenvalue weighted by Gasteiger charge is -2.05. The number of halogens is 2. The monoisotopic (exact) mass is 330 g/mol. The molecule has 0 N–H and O–H groups in total. The van der Waals surface area contributed by atoms with E-state index in [1.54, 1.807) is 36.8 Å². The van der Waals surface area contributed by atoms with Crippen LogP contribution in [-0.4, -0.2) is 12.9 Å². The van der Waals surface area contributed by atoms with Crippen LogP contribution >= 0.6 is 38.9 Å². The summed E-state index contributed by atoms with van der Waals surface area (Å²) in [6, 6.07) is 6.93. The highest BCUT2D eigenvalue weighted by atomic mass is 79.9. The van der Waals surface area contributed by atoms with Gasteiger partial charge in [-0.1, -0.05) is 11.6 Å². The van der Waals surface area contributed by atoms with Crippen molar-refractivity contribution < 1.29 is 9.53 Å². The first-order chi connectivity index (χ1) is 8.13. The minimum absolute atomic E-state index is 0.0756. The maximum atomic E-state index is 12.1. The summed E-state index contributed by atoms with van der Waals surface area (Å²) < 4.78 is 5.86. The van der Waals surface area contributed by atoms with Gasteiger partial charge in [0.2, 0.25) is 5.78 Å².